The van der Waals surface area contributed by atoms with Crippen LogP contribution in [0.1, 0.15) is 26.5 Å². The maximum atomic E-state index is 12.1. The SMILES string of the molecule is O=C(CNC(=O)c1ccco1)NN=Cc1ccc(OC(=O)c2ccc([N+](=O)[O-])cc2)cc1. The maximum absolute atomic E-state index is 12.1. The molecule has 162 valence electrons. The number of carbonyl (C=O) groups is 3. The quantitative estimate of drug-likeness (QED) is 0.181. The number of carbonyl (C=O) groups excluding carboxylic acids is 3. The summed E-state index contributed by atoms with van der Waals surface area (Å²) in [6, 6.07) is 14.3. The highest BCUT2D eigenvalue weighted by Crippen LogP contribution is 2.16. The van der Waals surface area contributed by atoms with Gasteiger partial charge in [0.05, 0.1) is 29.5 Å². The van der Waals surface area contributed by atoms with E-state index in [4.69, 9.17) is 9.15 Å². The van der Waals surface area contributed by atoms with Gasteiger partial charge in [0.25, 0.3) is 17.5 Å². The summed E-state index contributed by atoms with van der Waals surface area (Å²) >= 11 is 0. The van der Waals surface area contributed by atoms with E-state index in [0.717, 1.165) is 0 Å². The molecule has 0 aliphatic carbocycles. The Morgan fingerprint density at radius 2 is 1.78 bits per heavy atom. The van der Waals surface area contributed by atoms with Gasteiger partial charge < -0.3 is 14.5 Å². The van der Waals surface area contributed by atoms with Gasteiger partial charge in [0.1, 0.15) is 5.75 Å². The molecule has 11 nitrogen and oxygen atoms in total. The van der Waals surface area contributed by atoms with Gasteiger partial charge in [0.2, 0.25) is 0 Å². The first-order valence-electron chi connectivity index (χ1n) is 9.12. The number of hydrogen-bond donors (Lipinski definition) is 2. The van der Waals surface area contributed by atoms with Crippen LogP contribution in [0.15, 0.2) is 76.4 Å². The van der Waals surface area contributed by atoms with E-state index in [1.54, 1.807) is 18.2 Å². The first-order chi connectivity index (χ1) is 15.4. The minimum absolute atomic E-state index is 0.0932. The number of hydrazone groups is 1. The molecule has 0 aliphatic rings. The fourth-order valence-corrected chi connectivity index (χ4v) is 2.38. The van der Waals surface area contributed by atoms with Crippen LogP contribution in [0.2, 0.25) is 0 Å². The number of non-ortho nitro benzene ring substituents is 1. The normalized spacial score (nSPS) is 10.5. The molecule has 0 saturated heterocycles. The Morgan fingerprint density at radius 1 is 1.06 bits per heavy atom. The predicted molar refractivity (Wildman–Crippen MR) is 111 cm³/mol. The van der Waals surface area contributed by atoms with E-state index in [9.17, 15) is 24.5 Å². The molecule has 2 amide bonds. The van der Waals surface area contributed by atoms with Gasteiger partial charge in [-0.15, -0.1) is 0 Å². The van der Waals surface area contributed by atoms with Crippen molar-refractivity contribution in [1.82, 2.24) is 10.7 Å². The molecule has 0 radical (unpaired) electrons. The van der Waals surface area contributed by atoms with Crippen molar-refractivity contribution in [3.63, 3.8) is 0 Å². The minimum Gasteiger partial charge on any atom is -0.459 e. The lowest BCUT2D eigenvalue weighted by atomic mass is 10.2. The molecule has 2 aromatic carbocycles. The molecule has 0 bridgehead atoms. The van der Waals surface area contributed by atoms with Gasteiger partial charge >= 0.3 is 5.97 Å². The van der Waals surface area contributed by atoms with E-state index in [-0.39, 0.29) is 29.3 Å². The predicted octanol–water partition coefficient (Wildman–Crippen LogP) is 2.29. The largest absolute Gasteiger partial charge is 0.459 e. The molecule has 0 atom stereocenters. The third-order valence-electron chi connectivity index (χ3n) is 3.96. The van der Waals surface area contributed by atoms with E-state index in [2.05, 4.69) is 15.8 Å². The highest BCUT2D eigenvalue weighted by Gasteiger charge is 2.12. The monoisotopic (exact) mass is 436 g/mol. The fourth-order valence-electron chi connectivity index (χ4n) is 2.38. The standard InChI is InChI=1S/C21H16N4O7/c26-19(13-22-20(27)18-2-1-11-31-18)24-23-12-14-3-9-17(10-4-14)32-21(28)15-5-7-16(8-6-15)25(29)30/h1-12H,13H2,(H,22,27)(H,24,26). The molecule has 32 heavy (non-hydrogen) atoms. The number of amides is 2. The Bertz CT molecular complexity index is 1140. The third kappa shape index (κ3) is 6.10. The van der Waals surface area contributed by atoms with Gasteiger partial charge in [-0.05, 0) is 54.1 Å². The number of nitro benzene ring substituents is 1. The van der Waals surface area contributed by atoms with E-state index in [0.29, 0.717) is 5.56 Å². The lowest BCUT2D eigenvalue weighted by Crippen LogP contribution is -2.34. The van der Waals surface area contributed by atoms with Crippen LogP contribution in [-0.2, 0) is 4.79 Å². The summed E-state index contributed by atoms with van der Waals surface area (Å²) < 4.78 is 10.1. The second-order valence-corrected chi connectivity index (χ2v) is 6.22. The number of benzene rings is 2. The summed E-state index contributed by atoms with van der Waals surface area (Å²) in [5, 5.41) is 16.8. The summed E-state index contributed by atoms with van der Waals surface area (Å²) in [5.41, 5.74) is 2.92. The molecule has 0 unspecified atom stereocenters. The molecular weight excluding hydrogens is 420 g/mol. The Balaban J connectivity index is 1.46. The fraction of sp³-hybridized carbons (Fsp3) is 0.0476. The van der Waals surface area contributed by atoms with Crippen LogP contribution in [0.25, 0.3) is 0 Å². The number of furan rings is 1. The van der Waals surface area contributed by atoms with Crippen LogP contribution >= 0.6 is 0 Å². The van der Waals surface area contributed by atoms with Crippen molar-refractivity contribution in [2.45, 2.75) is 0 Å². The van der Waals surface area contributed by atoms with Crippen molar-refractivity contribution >= 4 is 29.7 Å². The smallest absolute Gasteiger partial charge is 0.343 e. The van der Waals surface area contributed by atoms with Crippen molar-refractivity contribution in [2.24, 2.45) is 5.10 Å². The van der Waals surface area contributed by atoms with Gasteiger partial charge in [-0.2, -0.15) is 5.10 Å². The van der Waals surface area contributed by atoms with Crippen LogP contribution < -0.4 is 15.5 Å². The van der Waals surface area contributed by atoms with E-state index >= 15 is 0 Å². The number of ether oxygens (including phenoxy) is 1. The first kappa shape index (κ1) is 21.9. The summed E-state index contributed by atoms with van der Waals surface area (Å²) in [4.78, 5) is 45.6. The van der Waals surface area contributed by atoms with Gasteiger partial charge in [-0.1, -0.05) is 0 Å². The second kappa shape index (κ2) is 10.3. The molecule has 3 aromatic rings. The molecule has 11 heteroatoms. The number of nitro groups is 1. The molecule has 1 aromatic heterocycles. The third-order valence-corrected chi connectivity index (χ3v) is 3.96. The van der Waals surface area contributed by atoms with Crippen LogP contribution in [0, 0.1) is 10.1 Å². The van der Waals surface area contributed by atoms with Crippen molar-refractivity contribution in [1.29, 1.82) is 0 Å². The summed E-state index contributed by atoms with van der Waals surface area (Å²) in [5.74, 6) is -1.36. The van der Waals surface area contributed by atoms with E-state index < -0.39 is 22.7 Å². The van der Waals surface area contributed by atoms with E-state index in [1.807, 2.05) is 0 Å². The molecule has 0 spiro atoms. The zero-order valence-electron chi connectivity index (χ0n) is 16.4. The Morgan fingerprint density at radius 3 is 2.41 bits per heavy atom. The average Bonchev–Trinajstić information content (AvgIpc) is 3.34. The number of hydrogen-bond acceptors (Lipinski definition) is 8. The van der Waals surface area contributed by atoms with Crippen molar-refractivity contribution < 1.29 is 28.5 Å². The van der Waals surface area contributed by atoms with Crippen molar-refractivity contribution in [2.75, 3.05) is 6.54 Å². The lowest BCUT2D eigenvalue weighted by Gasteiger charge is -2.04. The zero-order valence-corrected chi connectivity index (χ0v) is 16.4. The Labute approximate surface area is 180 Å². The zero-order chi connectivity index (χ0) is 22.9. The summed E-state index contributed by atoms with van der Waals surface area (Å²) in [7, 11) is 0. The van der Waals surface area contributed by atoms with Crippen LogP contribution in [0.4, 0.5) is 5.69 Å². The van der Waals surface area contributed by atoms with Gasteiger partial charge in [-0.25, -0.2) is 10.2 Å². The van der Waals surface area contributed by atoms with Gasteiger partial charge in [-0.3, -0.25) is 19.7 Å². The number of rotatable bonds is 8. The maximum Gasteiger partial charge on any atom is 0.343 e. The highest BCUT2D eigenvalue weighted by atomic mass is 16.6. The summed E-state index contributed by atoms with van der Waals surface area (Å²) in [6.07, 6.45) is 2.72. The van der Waals surface area contributed by atoms with Gasteiger partial charge in [0, 0.05) is 12.1 Å². The Hall–Kier alpha value is -4.80. The topological polar surface area (TPSA) is 153 Å². The molecule has 3 rings (SSSR count). The number of esters is 1. The summed E-state index contributed by atoms with van der Waals surface area (Å²) in [6.45, 7) is -0.283. The number of nitrogens with zero attached hydrogens (tertiary/aromatic N) is 2. The molecule has 0 fully saturated rings. The minimum atomic E-state index is -0.662. The highest BCUT2D eigenvalue weighted by molar-refractivity contribution is 5.94. The molecule has 1 heterocycles. The molecule has 2 N–H and O–H groups in total. The van der Waals surface area contributed by atoms with Crippen LogP contribution in [0.3, 0.4) is 0 Å². The van der Waals surface area contributed by atoms with Gasteiger partial charge in [0.15, 0.2) is 5.76 Å². The Kier molecular flexibility index (Phi) is 7.05. The second-order valence-electron chi connectivity index (χ2n) is 6.22. The average molecular weight is 436 g/mol. The molecule has 0 aliphatic heterocycles. The molecule has 0 saturated carbocycles. The molecular formula is C21H16N4O7. The van der Waals surface area contributed by atoms with Crippen molar-refractivity contribution in [3.8, 4) is 5.75 Å². The van der Waals surface area contributed by atoms with E-state index in [1.165, 1.54) is 54.9 Å². The number of nitrogens with one attached hydrogen (secondary N) is 2. The van der Waals surface area contributed by atoms with Crippen LogP contribution in [0.5, 0.6) is 5.75 Å². The first-order valence-corrected chi connectivity index (χ1v) is 9.12. The van der Waals surface area contributed by atoms with Crippen LogP contribution in [-0.4, -0.2) is 35.5 Å². The van der Waals surface area contributed by atoms with Crippen molar-refractivity contribution in [3.05, 3.63) is 93.9 Å². The lowest BCUT2D eigenvalue weighted by molar-refractivity contribution is -0.384.